The van der Waals surface area contributed by atoms with Crippen molar-refractivity contribution in [2.45, 2.75) is 5.79 Å². The Morgan fingerprint density at radius 2 is 1.95 bits per heavy atom. The molecule has 1 saturated heterocycles. The number of fused-ring (bicyclic) bond motifs is 3. The molecule has 6 nitrogen and oxygen atoms in total. The standard InChI is InChI=1S/C13H9NO5/c15-11-6-8-5-10-13(18-3-4-19-13)1-2-14(10)12(16)9(8)7-17-11/h1-2,5-7H,3-4H2. The maximum Gasteiger partial charge on any atom is 0.336 e. The minimum Gasteiger partial charge on any atom is -0.430 e. The highest BCUT2D eigenvalue weighted by molar-refractivity contribution is 5.81. The fourth-order valence-corrected chi connectivity index (χ4v) is 2.52. The van der Waals surface area contributed by atoms with Crippen LogP contribution < -0.4 is 11.2 Å². The summed E-state index contributed by atoms with van der Waals surface area (Å²) in [5.74, 6) is -0.997. The van der Waals surface area contributed by atoms with Crippen molar-refractivity contribution in [3.8, 4) is 0 Å². The zero-order valence-electron chi connectivity index (χ0n) is 9.79. The van der Waals surface area contributed by atoms with E-state index in [-0.39, 0.29) is 5.56 Å². The second-order valence-electron chi connectivity index (χ2n) is 4.45. The van der Waals surface area contributed by atoms with Gasteiger partial charge in [0.2, 0.25) is 5.79 Å². The normalized spacial score (nSPS) is 19.4. The van der Waals surface area contributed by atoms with E-state index in [0.717, 1.165) is 0 Å². The summed E-state index contributed by atoms with van der Waals surface area (Å²) in [7, 11) is 0. The molecule has 1 fully saturated rings. The van der Waals surface area contributed by atoms with Crippen molar-refractivity contribution in [3.05, 3.63) is 50.9 Å². The molecule has 0 amide bonds. The lowest BCUT2D eigenvalue weighted by molar-refractivity contribution is -0.123. The summed E-state index contributed by atoms with van der Waals surface area (Å²) in [5, 5.41) is 0.873. The maximum atomic E-state index is 12.3. The van der Waals surface area contributed by atoms with E-state index >= 15 is 0 Å². The van der Waals surface area contributed by atoms with Crippen LogP contribution in [-0.4, -0.2) is 17.8 Å². The van der Waals surface area contributed by atoms with Gasteiger partial charge in [-0.25, -0.2) is 4.79 Å². The Morgan fingerprint density at radius 1 is 1.16 bits per heavy atom. The molecule has 0 saturated carbocycles. The molecule has 0 aromatic carbocycles. The molecule has 6 heteroatoms. The Hall–Kier alpha value is -2.18. The van der Waals surface area contributed by atoms with Gasteiger partial charge in [0.05, 0.1) is 24.3 Å². The molecule has 2 aromatic heterocycles. The van der Waals surface area contributed by atoms with Gasteiger partial charge < -0.3 is 13.9 Å². The lowest BCUT2D eigenvalue weighted by Gasteiger charge is -2.20. The number of pyridine rings is 1. The van der Waals surface area contributed by atoms with Gasteiger partial charge in [0, 0.05) is 12.3 Å². The van der Waals surface area contributed by atoms with E-state index in [0.29, 0.717) is 29.7 Å². The van der Waals surface area contributed by atoms with Crippen molar-refractivity contribution in [1.29, 1.82) is 0 Å². The summed E-state index contributed by atoms with van der Waals surface area (Å²) in [6.45, 7) is 0.932. The third-order valence-electron chi connectivity index (χ3n) is 3.39. The maximum absolute atomic E-state index is 12.3. The van der Waals surface area contributed by atoms with Crippen molar-refractivity contribution in [2.24, 2.45) is 0 Å². The van der Waals surface area contributed by atoms with Crippen LogP contribution in [0.4, 0.5) is 0 Å². The molecule has 4 heterocycles. The molecule has 2 aliphatic rings. The van der Waals surface area contributed by atoms with E-state index in [1.165, 1.54) is 16.9 Å². The fraction of sp³-hybridized carbons (Fsp3) is 0.231. The van der Waals surface area contributed by atoms with Crippen LogP contribution in [0.2, 0.25) is 0 Å². The van der Waals surface area contributed by atoms with Crippen molar-refractivity contribution in [3.63, 3.8) is 0 Å². The first-order valence-electron chi connectivity index (χ1n) is 5.85. The molecule has 0 N–H and O–H groups in total. The number of rotatable bonds is 0. The predicted molar refractivity (Wildman–Crippen MR) is 65.7 cm³/mol. The van der Waals surface area contributed by atoms with Crippen molar-refractivity contribution in [2.75, 3.05) is 13.2 Å². The van der Waals surface area contributed by atoms with E-state index in [1.54, 1.807) is 18.3 Å². The smallest absolute Gasteiger partial charge is 0.336 e. The van der Waals surface area contributed by atoms with Crippen LogP contribution >= 0.6 is 0 Å². The highest BCUT2D eigenvalue weighted by Crippen LogP contribution is 2.37. The van der Waals surface area contributed by atoms with Crippen molar-refractivity contribution >= 4 is 17.0 Å². The Labute approximate surface area is 106 Å². The Kier molecular flexibility index (Phi) is 1.94. The van der Waals surface area contributed by atoms with Gasteiger partial charge >= 0.3 is 5.63 Å². The van der Waals surface area contributed by atoms with Gasteiger partial charge in [-0.2, -0.15) is 0 Å². The predicted octanol–water partition coefficient (Wildman–Crippen LogP) is 0.639. The van der Waals surface area contributed by atoms with Gasteiger partial charge in [-0.3, -0.25) is 9.36 Å². The van der Waals surface area contributed by atoms with E-state index in [4.69, 9.17) is 13.9 Å². The highest BCUT2D eigenvalue weighted by atomic mass is 16.7. The zero-order chi connectivity index (χ0) is 13.0. The first kappa shape index (κ1) is 10.7. The third-order valence-corrected chi connectivity index (χ3v) is 3.39. The number of hydrogen-bond donors (Lipinski definition) is 0. The molecular weight excluding hydrogens is 250 g/mol. The number of hydrogen-bond acceptors (Lipinski definition) is 5. The van der Waals surface area contributed by atoms with Crippen LogP contribution in [0.15, 0.2) is 38.5 Å². The molecule has 0 aliphatic carbocycles. The molecule has 2 aromatic rings. The van der Waals surface area contributed by atoms with Gasteiger partial charge in [-0.1, -0.05) is 0 Å². The molecule has 0 bridgehead atoms. The minimum absolute atomic E-state index is 0.261. The average molecular weight is 259 g/mol. The number of nitrogens with zero attached hydrogens (tertiary/aromatic N) is 1. The van der Waals surface area contributed by atoms with Gasteiger partial charge in [0.15, 0.2) is 0 Å². The first-order valence-corrected chi connectivity index (χ1v) is 5.85. The van der Waals surface area contributed by atoms with Crippen LogP contribution in [0.5, 0.6) is 0 Å². The summed E-state index contributed by atoms with van der Waals surface area (Å²) in [5.41, 5.74) is -0.179. The van der Waals surface area contributed by atoms with Gasteiger partial charge in [0.1, 0.15) is 6.26 Å². The Bertz CT molecular complexity index is 823. The van der Waals surface area contributed by atoms with Crippen molar-refractivity contribution in [1.82, 2.24) is 4.57 Å². The van der Waals surface area contributed by atoms with Crippen LogP contribution in [-0.2, 0) is 15.3 Å². The fourth-order valence-electron chi connectivity index (χ4n) is 2.52. The summed E-state index contributed by atoms with van der Waals surface area (Å²) < 4.78 is 17.4. The first-order chi connectivity index (χ1) is 9.20. The molecule has 2 aliphatic heterocycles. The van der Waals surface area contributed by atoms with E-state index in [1.807, 2.05) is 0 Å². The molecule has 19 heavy (non-hydrogen) atoms. The monoisotopic (exact) mass is 259 g/mol. The lowest BCUT2D eigenvalue weighted by Crippen LogP contribution is -2.28. The van der Waals surface area contributed by atoms with E-state index in [9.17, 15) is 9.59 Å². The average Bonchev–Trinajstić information content (AvgIpc) is 3.00. The quantitative estimate of drug-likeness (QED) is 0.694. The zero-order valence-corrected chi connectivity index (χ0v) is 9.79. The summed E-state index contributed by atoms with van der Waals surface area (Å²) >= 11 is 0. The topological polar surface area (TPSA) is 70.7 Å². The molecule has 0 unspecified atom stereocenters. The Balaban J connectivity index is 2.10. The summed E-state index contributed by atoms with van der Waals surface area (Å²) in [6, 6.07) is 3.01. The van der Waals surface area contributed by atoms with E-state index in [2.05, 4.69) is 0 Å². The van der Waals surface area contributed by atoms with Gasteiger partial charge in [0.25, 0.3) is 5.56 Å². The minimum atomic E-state index is -0.997. The number of ether oxygens (including phenoxy) is 2. The van der Waals surface area contributed by atoms with E-state index < -0.39 is 11.4 Å². The lowest BCUT2D eigenvalue weighted by atomic mass is 10.1. The SMILES string of the molecule is O=c1cc2cc3n(c(=O)c2co1)C=CC31OCCO1. The van der Waals surface area contributed by atoms with Crippen LogP contribution in [0.25, 0.3) is 17.0 Å². The van der Waals surface area contributed by atoms with Crippen molar-refractivity contribution < 1.29 is 13.9 Å². The molecule has 0 atom stereocenters. The molecule has 4 rings (SSSR count). The molecule has 96 valence electrons. The molecular formula is C13H9NO5. The van der Waals surface area contributed by atoms with Gasteiger partial charge in [-0.05, 0) is 17.5 Å². The molecule has 1 spiro atoms. The number of aromatic nitrogens is 1. The second kappa shape index (κ2) is 3.43. The highest BCUT2D eigenvalue weighted by Gasteiger charge is 2.42. The van der Waals surface area contributed by atoms with Crippen LogP contribution in [0, 0.1) is 0 Å². The largest absolute Gasteiger partial charge is 0.430 e. The van der Waals surface area contributed by atoms with Crippen LogP contribution in [0.3, 0.4) is 0 Å². The van der Waals surface area contributed by atoms with Crippen LogP contribution in [0.1, 0.15) is 5.69 Å². The molecule has 0 radical (unpaired) electrons. The summed E-state index contributed by atoms with van der Waals surface area (Å²) in [6.07, 6.45) is 4.50. The summed E-state index contributed by atoms with van der Waals surface area (Å²) in [4.78, 5) is 23.6. The second-order valence-corrected chi connectivity index (χ2v) is 4.45. The Morgan fingerprint density at radius 3 is 2.74 bits per heavy atom. The van der Waals surface area contributed by atoms with Gasteiger partial charge in [-0.15, -0.1) is 0 Å². The third kappa shape index (κ3) is 1.32.